The average Bonchev–Trinajstić information content (AvgIpc) is 2.16. The molecule has 0 bridgehead atoms. The summed E-state index contributed by atoms with van der Waals surface area (Å²) in [6, 6.07) is 8.60. The smallest absolute Gasteiger partial charge is 0.326 e. The van der Waals surface area contributed by atoms with Gasteiger partial charge >= 0.3 is 5.97 Å². The van der Waals surface area contributed by atoms with Gasteiger partial charge in [0.05, 0.1) is 11.6 Å². The molecule has 1 fully saturated rings. The van der Waals surface area contributed by atoms with Crippen LogP contribution >= 0.6 is 0 Å². The first-order chi connectivity index (χ1) is 7.22. The molecule has 0 radical (unpaired) electrons. The van der Waals surface area contributed by atoms with Crippen LogP contribution in [-0.4, -0.2) is 23.7 Å². The van der Waals surface area contributed by atoms with Crippen LogP contribution in [0.5, 0.6) is 0 Å². The van der Waals surface area contributed by atoms with Crippen molar-refractivity contribution in [1.29, 1.82) is 5.26 Å². The normalized spacial score (nSPS) is 19.1. The number of nitriles is 1. The number of carboxylic acids is 1. The zero-order valence-corrected chi connectivity index (χ0v) is 8.05. The van der Waals surface area contributed by atoms with Crippen molar-refractivity contribution in [3.8, 4) is 6.07 Å². The van der Waals surface area contributed by atoms with Gasteiger partial charge < -0.3 is 10.0 Å². The molecule has 4 heteroatoms. The van der Waals surface area contributed by atoms with Crippen LogP contribution in [0.15, 0.2) is 24.3 Å². The summed E-state index contributed by atoms with van der Waals surface area (Å²) >= 11 is 0. The minimum atomic E-state index is -0.786. The van der Waals surface area contributed by atoms with Crippen LogP contribution in [0.4, 0.5) is 5.69 Å². The molecule has 1 N–H and O–H groups in total. The van der Waals surface area contributed by atoms with Crippen LogP contribution in [0.25, 0.3) is 0 Å². The van der Waals surface area contributed by atoms with Gasteiger partial charge in [-0.3, -0.25) is 0 Å². The van der Waals surface area contributed by atoms with Crippen molar-refractivity contribution in [3.63, 3.8) is 0 Å². The molecule has 1 heterocycles. The summed E-state index contributed by atoms with van der Waals surface area (Å²) in [6.07, 6.45) is 0.690. The maximum Gasteiger partial charge on any atom is 0.326 e. The minimum absolute atomic E-state index is 0.405. The molecule has 0 spiro atoms. The lowest BCUT2D eigenvalue weighted by molar-refractivity contribution is -0.139. The summed E-state index contributed by atoms with van der Waals surface area (Å²) in [6.45, 7) is 0.767. The van der Waals surface area contributed by atoms with Crippen LogP contribution in [0.1, 0.15) is 12.0 Å². The second-order valence-electron chi connectivity index (χ2n) is 3.49. The van der Waals surface area contributed by atoms with E-state index in [9.17, 15) is 4.79 Å². The van der Waals surface area contributed by atoms with Gasteiger partial charge in [-0.1, -0.05) is 0 Å². The molecule has 76 valence electrons. The molecule has 0 amide bonds. The molecule has 0 aliphatic carbocycles. The van der Waals surface area contributed by atoms with Crippen molar-refractivity contribution >= 4 is 11.7 Å². The van der Waals surface area contributed by atoms with E-state index in [1.165, 1.54) is 0 Å². The zero-order chi connectivity index (χ0) is 10.8. The lowest BCUT2D eigenvalue weighted by Gasteiger charge is -2.39. The van der Waals surface area contributed by atoms with E-state index in [2.05, 4.69) is 0 Å². The number of anilines is 1. The van der Waals surface area contributed by atoms with Gasteiger partial charge in [-0.05, 0) is 30.7 Å². The summed E-state index contributed by atoms with van der Waals surface area (Å²) in [4.78, 5) is 12.6. The van der Waals surface area contributed by atoms with Gasteiger partial charge in [0.2, 0.25) is 0 Å². The highest BCUT2D eigenvalue weighted by Gasteiger charge is 2.33. The van der Waals surface area contributed by atoms with Gasteiger partial charge in [-0.15, -0.1) is 0 Å². The summed E-state index contributed by atoms with van der Waals surface area (Å²) in [7, 11) is 0. The van der Waals surface area contributed by atoms with Crippen molar-refractivity contribution in [2.24, 2.45) is 0 Å². The quantitative estimate of drug-likeness (QED) is 0.783. The third-order valence-electron chi connectivity index (χ3n) is 2.63. The predicted octanol–water partition coefficient (Wildman–Crippen LogP) is 1.22. The van der Waals surface area contributed by atoms with Gasteiger partial charge in [0.15, 0.2) is 0 Å². The lowest BCUT2D eigenvalue weighted by Crippen LogP contribution is -2.52. The van der Waals surface area contributed by atoms with Crippen LogP contribution in [0, 0.1) is 11.3 Å². The van der Waals surface area contributed by atoms with E-state index in [-0.39, 0.29) is 0 Å². The first-order valence-corrected chi connectivity index (χ1v) is 4.72. The van der Waals surface area contributed by atoms with Crippen LogP contribution in [0.2, 0.25) is 0 Å². The van der Waals surface area contributed by atoms with Gasteiger partial charge in [0.25, 0.3) is 0 Å². The number of benzene rings is 1. The molecule has 1 aromatic carbocycles. The van der Waals surface area contributed by atoms with Gasteiger partial charge in [-0.2, -0.15) is 5.26 Å². The average molecular weight is 202 g/mol. The summed E-state index contributed by atoms with van der Waals surface area (Å²) in [5, 5.41) is 17.5. The highest BCUT2D eigenvalue weighted by Crippen LogP contribution is 2.26. The van der Waals surface area contributed by atoms with Crippen LogP contribution < -0.4 is 4.90 Å². The Hall–Kier alpha value is -2.02. The van der Waals surface area contributed by atoms with Crippen LogP contribution in [-0.2, 0) is 4.79 Å². The maximum atomic E-state index is 10.8. The third-order valence-corrected chi connectivity index (χ3v) is 2.63. The topological polar surface area (TPSA) is 64.3 Å². The van der Waals surface area contributed by atoms with Crippen molar-refractivity contribution in [2.75, 3.05) is 11.4 Å². The predicted molar refractivity (Wildman–Crippen MR) is 54.5 cm³/mol. The Morgan fingerprint density at radius 1 is 1.47 bits per heavy atom. The maximum absolute atomic E-state index is 10.8. The minimum Gasteiger partial charge on any atom is -0.480 e. The molecular formula is C11H10N2O2. The summed E-state index contributed by atoms with van der Waals surface area (Å²) in [5.41, 5.74) is 1.46. The van der Waals surface area contributed by atoms with E-state index in [1.807, 2.05) is 11.0 Å². The van der Waals surface area contributed by atoms with E-state index >= 15 is 0 Å². The molecule has 1 saturated heterocycles. The van der Waals surface area contributed by atoms with Crippen molar-refractivity contribution in [2.45, 2.75) is 12.5 Å². The number of rotatable bonds is 2. The fourth-order valence-corrected chi connectivity index (χ4v) is 1.68. The number of nitrogens with zero attached hydrogens (tertiary/aromatic N) is 2. The highest BCUT2D eigenvalue weighted by molar-refractivity contribution is 5.80. The lowest BCUT2D eigenvalue weighted by atomic mass is 10.0. The molecule has 0 aromatic heterocycles. The van der Waals surface area contributed by atoms with E-state index in [0.717, 1.165) is 12.2 Å². The monoisotopic (exact) mass is 202 g/mol. The Balaban J connectivity index is 2.17. The molecule has 2 rings (SSSR count). The van der Waals surface area contributed by atoms with Gasteiger partial charge in [0.1, 0.15) is 6.04 Å². The first-order valence-electron chi connectivity index (χ1n) is 4.72. The van der Waals surface area contributed by atoms with Crippen LogP contribution in [0.3, 0.4) is 0 Å². The third kappa shape index (κ3) is 1.64. The Labute approximate surface area is 87.4 Å². The second kappa shape index (κ2) is 3.62. The second-order valence-corrected chi connectivity index (χ2v) is 3.49. The SMILES string of the molecule is N#Cc1ccc(N2CC[C@H]2C(=O)O)cc1. The Morgan fingerprint density at radius 2 is 2.13 bits per heavy atom. The van der Waals surface area contributed by atoms with Crippen molar-refractivity contribution < 1.29 is 9.90 Å². The Kier molecular flexibility index (Phi) is 2.30. The number of hydrogen-bond donors (Lipinski definition) is 1. The first kappa shape index (κ1) is 9.53. The van der Waals surface area contributed by atoms with E-state index in [4.69, 9.17) is 10.4 Å². The molecular weight excluding hydrogens is 192 g/mol. The highest BCUT2D eigenvalue weighted by atomic mass is 16.4. The van der Waals surface area contributed by atoms with Gasteiger partial charge in [0, 0.05) is 12.2 Å². The molecule has 4 nitrogen and oxygen atoms in total. The van der Waals surface area contributed by atoms with E-state index in [1.54, 1.807) is 24.3 Å². The van der Waals surface area contributed by atoms with Crippen molar-refractivity contribution in [1.82, 2.24) is 0 Å². The number of carboxylic acid groups (broad SMARTS) is 1. The summed E-state index contributed by atoms with van der Waals surface area (Å²) < 4.78 is 0. The van der Waals surface area contributed by atoms with Gasteiger partial charge in [-0.25, -0.2) is 4.79 Å². The largest absolute Gasteiger partial charge is 0.480 e. The molecule has 0 saturated carbocycles. The molecule has 1 aliphatic rings. The molecule has 15 heavy (non-hydrogen) atoms. The fourth-order valence-electron chi connectivity index (χ4n) is 1.68. The standard InChI is InChI=1S/C11H10N2O2/c12-7-8-1-3-9(4-2-8)13-6-5-10(13)11(14)15/h1-4,10H,5-6H2,(H,14,15)/t10-/m0/s1. The molecule has 0 unspecified atom stereocenters. The zero-order valence-electron chi connectivity index (χ0n) is 8.05. The molecule has 1 aromatic rings. The van der Waals surface area contributed by atoms with Crippen molar-refractivity contribution in [3.05, 3.63) is 29.8 Å². The molecule has 1 aliphatic heterocycles. The van der Waals surface area contributed by atoms with E-state index in [0.29, 0.717) is 12.0 Å². The summed E-state index contributed by atoms with van der Waals surface area (Å²) in [5.74, 6) is -0.786. The number of hydrogen-bond acceptors (Lipinski definition) is 3. The Morgan fingerprint density at radius 3 is 2.53 bits per heavy atom. The number of carbonyl (C=O) groups is 1. The fraction of sp³-hybridized carbons (Fsp3) is 0.273. The van der Waals surface area contributed by atoms with E-state index < -0.39 is 12.0 Å². The molecule has 1 atom stereocenters. The number of aliphatic carboxylic acids is 1. The Bertz CT molecular complexity index is 419.